The highest BCUT2D eigenvalue weighted by molar-refractivity contribution is 5.73. The molecule has 2 heterocycles. The average molecular weight is 328 g/mol. The van der Waals surface area contributed by atoms with Crippen LogP contribution in [0.4, 0.5) is 0 Å². The zero-order valence-corrected chi connectivity index (χ0v) is 14.5. The van der Waals surface area contributed by atoms with Gasteiger partial charge in [0.15, 0.2) is 0 Å². The van der Waals surface area contributed by atoms with Crippen molar-refractivity contribution in [3.05, 3.63) is 47.8 Å². The number of amides is 1. The van der Waals surface area contributed by atoms with Gasteiger partial charge in [-0.1, -0.05) is 18.2 Å². The van der Waals surface area contributed by atoms with Crippen LogP contribution in [0.25, 0.3) is 0 Å². The molecule has 1 atom stereocenters. The second kappa shape index (κ2) is 7.05. The van der Waals surface area contributed by atoms with Gasteiger partial charge in [-0.15, -0.1) is 0 Å². The largest absolute Gasteiger partial charge is 0.496 e. The summed E-state index contributed by atoms with van der Waals surface area (Å²) in [6.45, 7) is 4.70. The smallest absolute Gasteiger partial charge is 0.219 e. The molecule has 0 aliphatic carbocycles. The summed E-state index contributed by atoms with van der Waals surface area (Å²) >= 11 is 0. The van der Waals surface area contributed by atoms with Crippen molar-refractivity contribution in [2.45, 2.75) is 19.5 Å². The average Bonchev–Trinajstić information content (AvgIpc) is 3.00. The van der Waals surface area contributed by atoms with Gasteiger partial charge in [0, 0.05) is 57.5 Å². The van der Waals surface area contributed by atoms with Crippen LogP contribution in [0.3, 0.4) is 0 Å². The molecule has 3 rings (SSSR count). The highest BCUT2D eigenvalue weighted by atomic mass is 16.5. The first-order valence-electron chi connectivity index (χ1n) is 8.18. The lowest BCUT2D eigenvalue weighted by atomic mass is 10.0. The number of benzene rings is 1. The zero-order chi connectivity index (χ0) is 17.1. The van der Waals surface area contributed by atoms with Crippen LogP contribution in [0.15, 0.2) is 36.7 Å². The molecule has 128 valence electrons. The third-order valence-corrected chi connectivity index (χ3v) is 4.58. The van der Waals surface area contributed by atoms with Gasteiger partial charge in [-0.05, 0) is 6.07 Å². The number of aryl methyl sites for hydroxylation is 1. The van der Waals surface area contributed by atoms with Crippen LogP contribution < -0.4 is 4.74 Å². The number of ether oxygens (including phenoxy) is 1. The molecule has 0 spiro atoms. The van der Waals surface area contributed by atoms with E-state index in [2.05, 4.69) is 16.1 Å². The van der Waals surface area contributed by atoms with Crippen molar-refractivity contribution in [3.8, 4) is 5.75 Å². The van der Waals surface area contributed by atoms with E-state index in [1.165, 1.54) is 5.56 Å². The summed E-state index contributed by atoms with van der Waals surface area (Å²) in [5, 5.41) is 4.26. The van der Waals surface area contributed by atoms with Crippen molar-refractivity contribution in [1.82, 2.24) is 19.6 Å². The minimum absolute atomic E-state index is 0.110. The molecular formula is C18H24N4O2. The third kappa shape index (κ3) is 3.43. The molecule has 2 aromatic rings. The molecular weight excluding hydrogens is 304 g/mol. The number of hydrogen-bond donors (Lipinski definition) is 0. The van der Waals surface area contributed by atoms with Crippen molar-refractivity contribution in [1.29, 1.82) is 0 Å². The van der Waals surface area contributed by atoms with Crippen molar-refractivity contribution in [3.63, 3.8) is 0 Å². The fraction of sp³-hybridized carbons (Fsp3) is 0.444. The van der Waals surface area contributed by atoms with E-state index in [9.17, 15) is 4.79 Å². The predicted octanol–water partition coefficient (Wildman–Crippen LogP) is 1.83. The Kier molecular flexibility index (Phi) is 4.85. The summed E-state index contributed by atoms with van der Waals surface area (Å²) in [6.07, 6.45) is 3.94. The van der Waals surface area contributed by atoms with E-state index in [1.807, 2.05) is 47.2 Å². The van der Waals surface area contributed by atoms with Gasteiger partial charge in [0.25, 0.3) is 0 Å². The number of methoxy groups -OCH3 is 1. The Bertz CT molecular complexity index is 713. The molecule has 0 saturated carbocycles. The molecule has 0 unspecified atom stereocenters. The van der Waals surface area contributed by atoms with Gasteiger partial charge in [0.05, 0.1) is 19.3 Å². The summed E-state index contributed by atoms with van der Waals surface area (Å²) in [4.78, 5) is 16.2. The fourth-order valence-electron chi connectivity index (χ4n) is 3.32. The van der Waals surface area contributed by atoms with Gasteiger partial charge < -0.3 is 9.64 Å². The van der Waals surface area contributed by atoms with E-state index in [4.69, 9.17) is 4.74 Å². The molecule has 1 aliphatic rings. The summed E-state index contributed by atoms with van der Waals surface area (Å²) in [6, 6.07) is 8.17. The first kappa shape index (κ1) is 16.5. The standard InChI is InChI=1S/C18H24N4O2/c1-14(23)21-8-9-22(12-15-10-19-20(2)11-15)17(13-21)16-6-4-5-7-18(16)24-3/h4-7,10-11,17H,8-9,12-13H2,1-3H3/t17-/m0/s1. The normalized spacial score (nSPS) is 18.6. The zero-order valence-electron chi connectivity index (χ0n) is 14.5. The molecule has 6 heteroatoms. The molecule has 0 bridgehead atoms. The molecule has 1 aromatic carbocycles. The molecule has 0 radical (unpaired) electrons. The fourth-order valence-corrected chi connectivity index (χ4v) is 3.32. The van der Waals surface area contributed by atoms with Gasteiger partial charge in [-0.25, -0.2) is 0 Å². The summed E-state index contributed by atoms with van der Waals surface area (Å²) in [5.74, 6) is 0.986. The number of para-hydroxylation sites is 1. The highest BCUT2D eigenvalue weighted by Crippen LogP contribution is 2.33. The summed E-state index contributed by atoms with van der Waals surface area (Å²) in [5.41, 5.74) is 2.29. The van der Waals surface area contributed by atoms with Gasteiger partial charge >= 0.3 is 0 Å². The lowest BCUT2D eigenvalue weighted by Crippen LogP contribution is -2.49. The van der Waals surface area contributed by atoms with Gasteiger partial charge in [-0.2, -0.15) is 5.10 Å². The van der Waals surface area contributed by atoms with Crippen LogP contribution in [-0.2, 0) is 18.4 Å². The topological polar surface area (TPSA) is 50.6 Å². The van der Waals surface area contributed by atoms with Gasteiger partial charge in [-0.3, -0.25) is 14.4 Å². The Morgan fingerprint density at radius 1 is 1.33 bits per heavy atom. The Balaban J connectivity index is 1.89. The maximum Gasteiger partial charge on any atom is 0.219 e. The number of carbonyl (C=O) groups excluding carboxylic acids is 1. The van der Waals surface area contributed by atoms with Crippen LogP contribution in [0.1, 0.15) is 24.1 Å². The van der Waals surface area contributed by atoms with Crippen molar-refractivity contribution >= 4 is 5.91 Å². The second-order valence-electron chi connectivity index (χ2n) is 6.22. The maximum atomic E-state index is 11.9. The van der Waals surface area contributed by atoms with Crippen LogP contribution in [0.2, 0.25) is 0 Å². The summed E-state index contributed by atoms with van der Waals surface area (Å²) in [7, 11) is 3.62. The molecule has 0 N–H and O–H groups in total. The van der Waals surface area contributed by atoms with E-state index in [0.29, 0.717) is 6.54 Å². The van der Waals surface area contributed by atoms with Crippen LogP contribution in [-0.4, -0.2) is 52.2 Å². The van der Waals surface area contributed by atoms with E-state index < -0.39 is 0 Å². The summed E-state index contributed by atoms with van der Waals surface area (Å²) < 4.78 is 7.37. The number of carbonyl (C=O) groups is 1. The van der Waals surface area contributed by atoms with Crippen LogP contribution >= 0.6 is 0 Å². The first-order valence-corrected chi connectivity index (χ1v) is 8.18. The van der Waals surface area contributed by atoms with Crippen molar-refractivity contribution < 1.29 is 9.53 Å². The Morgan fingerprint density at radius 2 is 2.12 bits per heavy atom. The molecule has 1 aliphatic heterocycles. The molecule has 1 saturated heterocycles. The number of aromatic nitrogens is 2. The van der Waals surface area contributed by atoms with Crippen LogP contribution in [0.5, 0.6) is 5.75 Å². The van der Waals surface area contributed by atoms with Crippen molar-refractivity contribution in [2.75, 3.05) is 26.7 Å². The van der Waals surface area contributed by atoms with E-state index in [1.54, 1.807) is 14.0 Å². The van der Waals surface area contributed by atoms with Crippen LogP contribution in [0, 0.1) is 0 Å². The van der Waals surface area contributed by atoms with Gasteiger partial charge in [0.1, 0.15) is 5.75 Å². The van der Waals surface area contributed by atoms with Gasteiger partial charge in [0.2, 0.25) is 5.91 Å². The molecule has 6 nitrogen and oxygen atoms in total. The number of nitrogens with zero attached hydrogens (tertiary/aromatic N) is 4. The number of rotatable bonds is 4. The quantitative estimate of drug-likeness (QED) is 0.859. The minimum atomic E-state index is 0.110. The number of piperazine rings is 1. The molecule has 1 fully saturated rings. The number of hydrogen-bond acceptors (Lipinski definition) is 4. The first-order chi connectivity index (χ1) is 11.6. The Morgan fingerprint density at radius 3 is 2.79 bits per heavy atom. The van der Waals surface area contributed by atoms with E-state index in [0.717, 1.165) is 30.9 Å². The minimum Gasteiger partial charge on any atom is -0.496 e. The van der Waals surface area contributed by atoms with E-state index in [-0.39, 0.29) is 11.9 Å². The Hall–Kier alpha value is -2.34. The Labute approximate surface area is 142 Å². The van der Waals surface area contributed by atoms with Crippen molar-refractivity contribution in [2.24, 2.45) is 7.05 Å². The molecule has 1 amide bonds. The predicted molar refractivity (Wildman–Crippen MR) is 91.6 cm³/mol. The monoisotopic (exact) mass is 328 g/mol. The van der Waals surface area contributed by atoms with E-state index >= 15 is 0 Å². The molecule has 24 heavy (non-hydrogen) atoms. The lowest BCUT2D eigenvalue weighted by Gasteiger charge is -2.41. The second-order valence-corrected chi connectivity index (χ2v) is 6.22. The molecule has 1 aromatic heterocycles. The highest BCUT2D eigenvalue weighted by Gasteiger charge is 2.31. The third-order valence-electron chi connectivity index (χ3n) is 4.58. The SMILES string of the molecule is COc1ccccc1[C@@H]1CN(C(C)=O)CCN1Cc1cnn(C)c1. The lowest BCUT2D eigenvalue weighted by molar-refractivity contribution is -0.132. The maximum absolute atomic E-state index is 11.9.